The minimum absolute atomic E-state index is 0.141. The highest BCUT2D eigenvalue weighted by Crippen LogP contribution is 2.53. The number of hydrogen-bond acceptors (Lipinski definition) is 4. The molecule has 1 unspecified atom stereocenters. The molecule has 30 heavy (non-hydrogen) atoms. The van der Waals surface area contributed by atoms with Gasteiger partial charge in [0.25, 0.3) is 0 Å². The quantitative estimate of drug-likeness (QED) is 0.604. The Balaban J connectivity index is 1.88. The van der Waals surface area contributed by atoms with Gasteiger partial charge in [-0.1, -0.05) is 12.8 Å². The summed E-state index contributed by atoms with van der Waals surface area (Å²) in [6.07, 6.45) is -1.10. The van der Waals surface area contributed by atoms with Crippen molar-refractivity contribution in [2.45, 2.75) is 47.5 Å². The molecule has 0 spiro atoms. The molecule has 0 aromatic heterocycles. The van der Waals surface area contributed by atoms with Gasteiger partial charge in [0.15, 0.2) is 6.61 Å². The Bertz CT molecular complexity index is 901. The van der Waals surface area contributed by atoms with Crippen LogP contribution in [-0.4, -0.2) is 48.8 Å². The number of anilines is 1. The van der Waals surface area contributed by atoms with E-state index in [1.165, 1.54) is 10.4 Å². The first-order chi connectivity index (χ1) is 13.9. The number of nitrogens with zero attached hydrogens (tertiary/aromatic N) is 1. The maximum Gasteiger partial charge on any atom is 0.422 e. The zero-order valence-electron chi connectivity index (χ0n) is 15.8. The van der Waals surface area contributed by atoms with E-state index in [0.29, 0.717) is 13.1 Å². The highest BCUT2D eigenvalue weighted by atomic mass is 35.5. The molecule has 2 fully saturated rings. The second-order valence-electron chi connectivity index (χ2n) is 7.39. The van der Waals surface area contributed by atoms with Gasteiger partial charge in [0.1, 0.15) is 10.1 Å². The summed E-state index contributed by atoms with van der Waals surface area (Å²) in [5, 5.41) is 2.41. The van der Waals surface area contributed by atoms with Crippen molar-refractivity contribution in [1.82, 2.24) is 4.31 Å². The fourth-order valence-electron chi connectivity index (χ4n) is 3.20. The number of carbonyl (C=O) groups excluding carboxylic acids is 1. The molecule has 3 rings (SSSR count). The number of sulfonamides is 1. The predicted octanol–water partition coefficient (Wildman–Crippen LogP) is 4.32. The second-order valence-corrected chi connectivity index (χ2v) is 10.9. The lowest BCUT2D eigenvalue weighted by atomic mass is 10.2. The molecule has 1 aliphatic heterocycles. The van der Waals surface area contributed by atoms with Crippen molar-refractivity contribution in [2.24, 2.45) is 5.92 Å². The van der Waals surface area contributed by atoms with Crippen molar-refractivity contribution in [3.63, 3.8) is 0 Å². The minimum atomic E-state index is -4.60. The van der Waals surface area contributed by atoms with E-state index >= 15 is 0 Å². The molecule has 1 aromatic carbocycles. The van der Waals surface area contributed by atoms with E-state index in [1.807, 2.05) is 0 Å². The van der Waals surface area contributed by atoms with Gasteiger partial charge in [-0.15, -0.1) is 23.2 Å². The summed E-state index contributed by atoms with van der Waals surface area (Å²) in [7, 11) is -3.88. The maximum absolute atomic E-state index is 13.0. The first-order valence-corrected chi connectivity index (χ1v) is 11.6. The molecule has 1 saturated heterocycles. The number of ether oxygens (including phenoxy) is 1. The van der Waals surface area contributed by atoms with Crippen molar-refractivity contribution in [2.75, 3.05) is 25.0 Å². The summed E-state index contributed by atoms with van der Waals surface area (Å²) >= 11 is 11.7. The number of alkyl halides is 5. The molecule has 1 aromatic rings. The lowest BCUT2D eigenvalue weighted by Gasteiger charge is -2.21. The number of hydrogen-bond donors (Lipinski definition) is 1. The van der Waals surface area contributed by atoms with Crippen LogP contribution in [0.15, 0.2) is 23.1 Å². The Morgan fingerprint density at radius 3 is 2.33 bits per heavy atom. The molecular formula is C18H21Cl2F3N2O4S. The van der Waals surface area contributed by atoms with Gasteiger partial charge in [0, 0.05) is 13.1 Å². The van der Waals surface area contributed by atoms with Gasteiger partial charge in [-0.25, -0.2) is 8.42 Å². The number of halogens is 5. The fourth-order valence-corrected chi connectivity index (χ4v) is 5.25. The summed E-state index contributed by atoms with van der Waals surface area (Å²) in [4.78, 5) is 12.2. The first kappa shape index (κ1) is 23.4. The van der Waals surface area contributed by atoms with Gasteiger partial charge in [0.2, 0.25) is 15.9 Å². The first-order valence-electron chi connectivity index (χ1n) is 9.43. The third-order valence-corrected chi connectivity index (χ3v) is 7.68. The molecule has 0 radical (unpaired) electrons. The van der Waals surface area contributed by atoms with Crippen molar-refractivity contribution in [3.05, 3.63) is 18.2 Å². The predicted molar refractivity (Wildman–Crippen MR) is 106 cm³/mol. The molecule has 1 atom stereocenters. The van der Waals surface area contributed by atoms with Crippen LogP contribution in [0.3, 0.4) is 0 Å². The molecular weight excluding hydrogens is 468 g/mol. The van der Waals surface area contributed by atoms with Crippen LogP contribution in [0.25, 0.3) is 0 Å². The average Bonchev–Trinajstić information content (AvgIpc) is 3.36. The normalized spacial score (nSPS) is 22.2. The van der Waals surface area contributed by atoms with Crippen molar-refractivity contribution in [1.29, 1.82) is 0 Å². The van der Waals surface area contributed by atoms with E-state index in [4.69, 9.17) is 27.9 Å². The molecule has 1 aliphatic carbocycles. The summed E-state index contributed by atoms with van der Waals surface area (Å²) in [6, 6.07) is 3.38. The van der Waals surface area contributed by atoms with E-state index in [2.05, 4.69) is 5.32 Å². The van der Waals surface area contributed by atoms with E-state index in [1.54, 1.807) is 0 Å². The summed E-state index contributed by atoms with van der Waals surface area (Å²) in [5.74, 6) is -1.67. The van der Waals surface area contributed by atoms with Crippen LogP contribution in [0.4, 0.5) is 18.9 Å². The highest BCUT2D eigenvalue weighted by Gasteiger charge is 2.56. The molecule has 2 aliphatic rings. The van der Waals surface area contributed by atoms with E-state index < -0.39 is 39.0 Å². The van der Waals surface area contributed by atoms with Crippen LogP contribution in [0.1, 0.15) is 32.1 Å². The topological polar surface area (TPSA) is 75.7 Å². The van der Waals surface area contributed by atoms with Crippen LogP contribution in [0.2, 0.25) is 0 Å². The maximum atomic E-state index is 13.0. The van der Waals surface area contributed by atoms with E-state index in [-0.39, 0.29) is 22.8 Å². The monoisotopic (exact) mass is 488 g/mol. The molecule has 12 heteroatoms. The van der Waals surface area contributed by atoms with Crippen molar-refractivity contribution >= 4 is 44.8 Å². The molecule has 1 N–H and O–H groups in total. The van der Waals surface area contributed by atoms with Gasteiger partial charge in [0.05, 0.1) is 16.5 Å². The minimum Gasteiger partial charge on any atom is -0.482 e. The third kappa shape index (κ3) is 5.72. The van der Waals surface area contributed by atoms with Gasteiger partial charge < -0.3 is 10.1 Å². The molecule has 168 valence electrons. The van der Waals surface area contributed by atoms with Gasteiger partial charge in [-0.05, 0) is 37.5 Å². The summed E-state index contributed by atoms with van der Waals surface area (Å²) in [6.45, 7) is -0.870. The Kier molecular flexibility index (Phi) is 6.81. The van der Waals surface area contributed by atoms with Crippen LogP contribution in [0, 0.1) is 5.92 Å². The molecule has 1 heterocycles. The van der Waals surface area contributed by atoms with Gasteiger partial charge in [-0.2, -0.15) is 17.5 Å². The summed E-state index contributed by atoms with van der Waals surface area (Å²) < 4.78 is 68.6. The smallest absolute Gasteiger partial charge is 0.422 e. The van der Waals surface area contributed by atoms with Gasteiger partial charge >= 0.3 is 6.18 Å². The fraction of sp³-hybridized carbons (Fsp3) is 0.611. The van der Waals surface area contributed by atoms with Crippen molar-refractivity contribution < 1.29 is 31.1 Å². The second kappa shape index (κ2) is 8.72. The van der Waals surface area contributed by atoms with Crippen LogP contribution >= 0.6 is 23.2 Å². The number of benzene rings is 1. The zero-order valence-corrected chi connectivity index (χ0v) is 18.2. The molecule has 1 amide bonds. The largest absolute Gasteiger partial charge is 0.482 e. The Labute approximate surface area is 182 Å². The van der Waals surface area contributed by atoms with Gasteiger partial charge in [-0.3, -0.25) is 4.79 Å². The van der Waals surface area contributed by atoms with Crippen LogP contribution in [0.5, 0.6) is 5.75 Å². The van der Waals surface area contributed by atoms with E-state index in [9.17, 15) is 26.4 Å². The summed E-state index contributed by atoms with van der Waals surface area (Å²) in [5.41, 5.74) is -0.184. The lowest BCUT2D eigenvalue weighted by Crippen LogP contribution is -2.32. The van der Waals surface area contributed by atoms with Crippen LogP contribution in [-0.2, 0) is 14.8 Å². The Morgan fingerprint density at radius 2 is 1.80 bits per heavy atom. The Morgan fingerprint density at radius 1 is 1.20 bits per heavy atom. The molecule has 0 bridgehead atoms. The number of amides is 1. The zero-order chi connectivity index (χ0) is 22.2. The molecule has 6 nitrogen and oxygen atoms in total. The van der Waals surface area contributed by atoms with Crippen LogP contribution < -0.4 is 10.1 Å². The van der Waals surface area contributed by atoms with E-state index in [0.717, 1.165) is 37.8 Å². The number of nitrogens with one attached hydrogen (secondary N) is 1. The number of rotatable bonds is 6. The lowest BCUT2D eigenvalue weighted by molar-refractivity contribution is -0.153. The SMILES string of the molecule is O=C(Nc1cc(S(=O)(=O)N2CCCCCC2)ccc1OCC(F)(F)F)C1CC1(Cl)Cl. The highest BCUT2D eigenvalue weighted by molar-refractivity contribution is 7.89. The molecule has 1 saturated carbocycles. The average molecular weight is 489 g/mol. The number of carbonyl (C=O) groups is 1. The Hall–Kier alpha value is -1.23. The standard InChI is InChI=1S/C18H21Cl2F3N2O4S/c19-17(20)10-13(17)16(26)24-14-9-12(5-6-15(14)29-11-18(21,22)23)30(27,28)25-7-3-1-2-4-8-25/h5-6,9,13H,1-4,7-8,10-11H2,(H,24,26). The third-order valence-electron chi connectivity index (χ3n) is 4.95. The van der Waals surface area contributed by atoms with Crippen molar-refractivity contribution in [3.8, 4) is 5.75 Å².